The van der Waals surface area contributed by atoms with E-state index in [1.54, 1.807) is 13.8 Å². The molecular weight excluding hydrogens is 415 g/mol. The third kappa shape index (κ3) is 4.29. The van der Waals surface area contributed by atoms with Gasteiger partial charge in [-0.15, -0.1) is 12.6 Å². The molecule has 4 nitrogen and oxygen atoms in total. The van der Waals surface area contributed by atoms with Crippen molar-refractivity contribution in [2.75, 3.05) is 6.54 Å². The van der Waals surface area contributed by atoms with Crippen LogP contribution in [-0.4, -0.2) is 33.8 Å². The van der Waals surface area contributed by atoms with Crippen LogP contribution >= 0.6 is 12.6 Å². The number of Topliss-reactive ketones (excluding diaryl/α,β-unsaturated/α-hetero) is 1. The number of hydrogen-bond donors (Lipinski definition) is 1. The lowest BCUT2D eigenvalue weighted by Crippen LogP contribution is -2.57. The number of likely N-dealkylation sites (tertiary alicyclic amines) is 1. The van der Waals surface area contributed by atoms with Crippen LogP contribution in [0.1, 0.15) is 70.4 Å². The Hall–Kier alpha value is -1.83. The van der Waals surface area contributed by atoms with Gasteiger partial charge in [-0.2, -0.15) is 13.2 Å². The van der Waals surface area contributed by atoms with Crippen molar-refractivity contribution >= 4 is 29.4 Å². The molecule has 0 bridgehead atoms. The van der Waals surface area contributed by atoms with Crippen LogP contribution in [0.2, 0.25) is 0 Å². The lowest BCUT2D eigenvalue weighted by atomic mass is 9.76. The Morgan fingerprint density at radius 2 is 1.70 bits per heavy atom. The van der Waals surface area contributed by atoms with Crippen LogP contribution in [-0.2, 0) is 20.6 Å². The fourth-order valence-corrected chi connectivity index (χ4v) is 4.54. The van der Waals surface area contributed by atoms with Gasteiger partial charge >= 0.3 is 6.18 Å². The number of thiol groups is 1. The second-order valence-electron chi connectivity index (χ2n) is 8.46. The van der Waals surface area contributed by atoms with Crippen molar-refractivity contribution in [1.29, 1.82) is 0 Å². The number of carbonyl (C=O) groups excluding carboxylic acids is 3. The zero-order valence-corrected chi connectivity index (χ0v) is 18.6. The van der Waals surface area contributed by atoms with E-state index in [1.165, 1.54) is 17.0 Å². The monoisotopic (exact) mass is 443 g/mol. The molecule has 1 unspecified atom stereocenters. The first-order valence-corrected chi connectivity index (χ1v) is 10.5. The van der Waals surface area contributed by atoms with Crippen molar-refractivity contribution in [1.82, 2.24) is 4.90 Å². The molecule has 1 saturated heterocycles. The number of hydrogen-bond acceptors (Lipinski definition) is 3. The van der Waals surface area contributed by atoms with Gasteiger partial charge < -0.3 is 4.90 Å². The van der Waals surface area contributed by atoms with Gasteiger partial charge in [-0.1, -0.05) is 46.2 Å². The molecule has 0 aliphatic carbocycles. The second-order valence-corrected chi connectivity index (χ2v) is 8.87. The predicted octanol–water partition coefficient (Wildman–Crippen LogP) is 5.02. The Morgan fingerprint density at radius 3 is 2.13 bits per heavy atom. The number of nitrogens with zero attached hydrogens (tertiary/aromatic N) is 1. The van der Waals surface area contributed by atoms with Crippen LogP contribution < -0.4 is 0 Å². The summed E-state index contributed by atoms with van der Waals surface area (Å²) >= 11 is 4.08. The smallest absolute Gasteiger partial charge is 0.322 e. The van der Waals surface area contributed by atoms with Crippen molar-refractivity contribution in [3.63, 3.8) is 0 Å². The summed E-state index contributed by atoms with van der Waals surface area (Å²) in [6.07, 6.45) is -2.83. The molecule has 1 aliphatic rings. The van der Waals surface area contributed by atoms with Crippen LogP contribution in [0.5, 0.6) is 0 Å². The Morgan fingerprint density at radius 1 is 1.13 bits per heavy atom. The predicted molar refractivity (Wildman–Crippen MR) is 111 cm³/mol. The van der Waals surface area contributed by atoms with E-state index in [0.29, 0.717) is 24.8 Å². The molecule has 1 heterocycles. The number of carbonyl (C=O) groups is 3. The molecule has 0 saturated carbocycles. The van der Waals surface area contributed by atoms with E-state index in [0.717, 1.165) is 12.1 Å². The Labute approximate surface area is 180 Å². The van der Waals surface area contributed by atoms with E-state index in [2.05, 4.69) is 12.6 Å². The quantitative estimate of drug-likeness (QED) is 0.476. The van der Waals surface area contributed by atoms with Gasteiger partial charge in [0.15, 0.2) is 0 Å². The molecular formula is C22H28F3NO3S. The fourth-order valence-electron chi connectivity index (χ4n) is 4.15. The molecule has 2 rings (SSSR count). The van der Waals surface area contributed by atoms with E-state index >= 15 is 0 Å². The highest BCUT2D eigenvalue weighted by atomic mass is 32.1. The maximum absolute atomic E-state index is 13.1. The average molecular weight is 444 g/mol. The first kappa shape index (κ1) is 24.4. The van der Waals surface area contributed by atoms with Crippen molar-refractivity contribution in [2.24, 2.45) is 5.41 Å². The summed E-state index contributed by atoms with van der Waals surface area (Å²) in [4.78, 5) is 40.1. The van der Waals surface area contributed by atoms with Gasteiger partial charge in [0.25, 0.3) is 5.91 Å². The number of rotatable bonds is 7. The van der Waals surface area contributed by atoms with Gasteiger partial charge in [0.05, 0.1) is 5.56 Å². The van der Waals surface area contributed by atoms with Crippen LogP contribution in [0, 0.1) is 5.41 Å². The number of halogens is 3. The van der Waals surface area contributed by atoms with Crippen molar-refractivity contribution in [3.05, 3.63) is 35.4 Å². The molecule has 1 aliphatic heterocycles. The minimum absolute atomic E-state index is 0.169. The number of ketones is 1. The normalized spacial score (nSPS) is 22.3. The molecule has 1 amide bonds. The fraction of sp³-hybridized carbons (Fsp3) is 0.591. The van der Waals surface area contributed by atoms with E-state index in [-0.39, 0.29) is 13.0 Å². The number of alkyl halides is 3. The first-order valence-electron chi connectivity index (χ1n) is 10.1. The summed E-state index contributed by atoms with van der Waals surface area (Å²) in [7, 11) is 0. The maximum Gasteiger partial charge on any atom is 0.416 e. The molecule has 166 valence electrons. The molecule has 0 N–H and O–H groups in total. The van der Waals surface area contributed by atoms with Crippen molar-refractivity contribution in [2.45, 2.75) is 71.0 Å². The van der Waals surface area contributed by atoms with Crippen LogP contribution in [0.25, 0.3) is 0 Å². The van der Waals surface area contributed by atoms with E-state index in [9.17, 15) is 27.6 Å². The molecule has 2 atom stereocenters. The molecule has 1 aromatic rings. The van der Waals surface area contributed by atoms with Gasteiger partial charge in [0.1, 0.15) is 5.54 Å². The van der Waals surface area contributed by atoms with Crippen molar-refractivity contribution < 1.29 is 27.6 Å². The number of amides is 1. The van der Waals surface area contributed by atoms with Crippen molar-refractivity contribution in [3.8, 4) is 0 Å². The Balaban J connectivity index is 2.52. The average Bonchev–Trinajstić information content (AvgIpc) is 3.06. The first-order chi connectivity index (χ1) is 13.8. The maximum atomic E-state index is 13.1. The summed E-state index contributed by atoms with van der Waals surface area (Å²) in [5, 5.41) is -0.554. The lowest BCUT2D eigenvalue weighted by molar-refractivity contribution is -0.153. The molecule has 0 aromatic heterocycles. The highest BCUT2D eigenvalue weighted by molar-refractivity contribution is 7.96. The summed E-state index contributed by atoms with van der Waals surface area (Å²) in [5.41, 5.74) is -2.50. The van der Waals surface area contributed by atoms with E-state index in [4.69, 9.17) is 0 Å². The summed E-state index contributed by atoms with van der Waals surface area (Å²) in [6.45, 7) is 7.19. The highest BCUT2D eigenvalue weighted by Gasteiger charge is 2.56. The minimum Gasteiger partial charge on any atom is -0.322 e. The largest absolute Gasteiger partial charge is 0.416 e. The molecule has 8 heteroatoms. The standard InChI is InChI=1S/C22H28F3NO3S/c1-5-12-21(19(29)30)16(14-7-9-15(10-8-14)22(23,24)25)11-13-26(21)18(28)17(27)20(3,4)6-2/h7-10,16H,5-6,11-13H2,1-4H3,(H,29,30)/t16?,21-/m0/s1. The Kier molecular flexibility index (Phi) is 7.11. The Bertz CT molecular complexity index is 820. The van der Waals surface area contributed by atoms with Gasteiger partial charge in [-0.3, -0.25) is 14.4 Å². The summed E-state index contributed by atoms with van der Waals surface area (Å²) < 4.78 is 38.8. The van der Waals surface area contributed by atoms with Gasteiger partial charge in [0.2, 0.25) is 10.9 Å². The zero-order valence-electron chi connectivity index (χ0n) is 17.7. The van der Waals surface area contributed by atoms with Gasteiger partial charge in [-0.25, -0.2) is 0 Å². The van der Waals surface area contributed by atoms with Crippen LogP contribution in [0.3, 0.4) is 0 Å². The summed E-state index contributed by atoms with van der Waals surface area (Å²) in [6, 6.07) is 4.65. The molecule has 0 radical (unpaired) electrons. The zero-order chi connectivity index (χ0) is 22.9. The van der Waals surface area contributed by atoms with Crippen LogP contribution in [0.4, 0.5) is 13.2 Å². The van der Waals surface area contributed by atoms with E-state index in [1.807, 2.05) is 13.8 Å². The molecule has 0 spiro atoms. The molecule has 30 heavy (non-hydrogen) atoms. The van der Waals surface area contributed by atoms with Gasteiger partial charge in [0, 0.05) is 17.9 Å². The highest BCUT2D eigenvalue weighted by Crippen LogP contribution is 2.47. The summed E-state index contributed by atoms with van der Waals surface area (Å²) in [5.74, 6) is -1.84. The third-order valence-corrected chi connectivity index (χ3v) is 6.67. The molecule has 1 fully saturated rings. The van der Waals surface area contributed by atoms with Crippen LogP contribution in [0.15, 0.2) is 24.3 Å². The molecule has 1 aromatic carbocycles. The minimum atomic E-state index is -4.46. The lowest BCUT2D eigenvalue weighted by Gasteiger charge is -2.40. The van der Waals surface area contributed by atoms with Gasteiger partial charge in [-0.05, 0) is 37.0 Å². The number of benzene rings is 1. The second kappa shape index (κ2) is 8.73. The SMILES string of the molecule is CCC[C@@]1(C(=O)S)C(c2ccc(C(F)(F)F)cc2)CCN1C(=O)C(=O)C(C)(C)CC. The third-order valence-electron chi connectivity index (χ3n) is 6.28. The van der Waals surface area contributed by atoms with E-state index < -0.39 is 45.4 Å². The topological polar surface area (TPSA) is 54.5 Å².